The molecule has 2 rings (SSSR count). The molecule has 6 nitrogen and oxygen atoms in total. The zero-order valence-electron chi connectivity index (χ0n) is 12.1. The monoisotopic (exact) mass is 294 g/mol. The van der Waals surface area contributed by atoms with Gasteiger partial charge in [0.15, 0.2) is 5.82 Å². The summed E-state index contributed by atoms with van der Waals surface area (Å²) in [6, 6.07) is 0. The Bertz CT molecular complexity index is 605. The number of thiazole rings is 1. The normalized spacial score (nSPS) is 10.8. The number of hydrogen-bond donors (Lipinski definition) is 0. The zero-order chi connectivity index (χ0) is 14.7. The summed E-state index contributed by atoms with van der Waals surface area (Å²) in [4.78, 5) is 23.3. The molecule has 0 aliphatic rings. The predicted octanol–water partition coefficient (Wildman–Crippen LogP) is 1.69. The first-order valence-corrected chi connectivity index (χ1v) is 7.23. The van der Waals surface area contributed by atoms with E-state index in [1.54, 1.807) is 30.2 Å². The fourth-order valence-electron chi connectivity index (χ4n) is 1.85. The minimum absolute atomic E-state index is 0.0805. The van der Waals surface area contributed by atoms with Gasteiger partial charge in [0, 0.05) is 31.8 Å². The zero-order valence-corrected chi connectivity index (χ0v) is 13.0. The third-order valence-electron chi connectivity index (χ3n) is 2.98. The van der Waals surface area contributed by atoms with Gasteiger partial charge in [-0.3, -0.25) is 4.79 Å². The quantitative estimate of drug-likeness (QED) is 0.839. The number of nitrogens with zero attached hydrogens (tertiary/aromatic N) is 4. The van der Waals surface area contributed by atoms with Gasteiger partial charge in [-0.05, 0) is 13.8 Å². The Balaban J connectivity index is 1.87. The number of hydrogen-bond acceptors (Lipinski definition) is 6. The number of aromatic nitrogens is 3. The van der Waals surface area contributed by atoms with Crippen LogP contribution in [-0.4, -0.2) is 39.5 Å². The molecule has 20 heavy (non-hydrogen) atoms. The van der Waals surface area contributed by atoms with E-state index in [9.17, 15) is 4.79 Å². The third-order valence-corrected chi connectivity index (χ3v) is 4.05. The van der Waals surface area contributed by atoms with Gasteiger partial charge >= 0.3 is 0 Å². The van der Waals surface area contributed by atoms with Gasteiger partial charge in [-0.1, -0.05) is 5.16 Å². The van der Waals surface area contributed by atoms with E-state index in [0.29, 0.717) is 31.1 Å². The van der Waals surface area contributed by atoms with Crippen molar-refractivity contribution in [1.29, 1.82) is 0 Å². The smallest absolute Gasteiger partial charge is 0.227 e. The molecule has 0 unspecified atom stereocenters. The molecule has 0 saturated carbocycles. The topological polar surface area (TPSA) is 72.1 Å². The molecule has 0 aromatic carbocycles. The van der Waals surface area contributed by atoms with E-state index in [4.69, 9.17) is 4.52 Å². The van der Waals surface area contributed by atoms with Crippen LogP contribution in [0.4, 0.5) is 0 Å². The van der Waals surface area contributed by atoms with E-state index in [0.717, 1.165) is 15.6 Å². The van der Waals surface area contributed by atoms with Gasteiger partial charge in [-0.2, -0.15) is 4.98 Å². The van der Waals surface area contributed by atoms with Crippen molar-refractivity contribution in [3.63, 3.8) is 0 Å². The number of likely N-dealkylation sites (N-methyl/N-ethyl adjacent to an activating group) is 1. The van der Waals surface area contributed by atoms with Gasteiger partial charge in [-0.25, -0.2) is 4.98 Å². The van der Waals surface area contributed by atoms with Crippen LogP contribution in [0.15, 0.2) is 4.52 Å². The molecule has 0 saturated heterocycles. The molecule has 0 bridgehead atoms. The van der Waals surface area contributed by atoms with Crippen molar-refractivity contribution in [3.05, 3.63) is 27.3 Å². The summed E-state index contributed by atoms with van der Waals surface area (Å²) in [5, 5.41) is 4.81. The second-order valence-corrected chi connectivity index (χ2v) is 6.00. The van der Waals surface area contributed by atoms with Crippen LogP contribution in [0.5, 0.6) is 0 Å². The number of aryl methyl sites for hydroxylation is 3. The lowest BCUT2D eigenvalue weighted by Crippen LogP contribution is -2.30. The first kappa shape index (κ1) is 14.6. The van der Waals surface area contributed by atoms with Crippen molar-refractivity contribution in [2.45, 2.75) is 33.6 Å². The van der Waals surface area contributed by atoms with Crippen LogP contribution in [0.3, 0.4) is 0 Å². The highest BCUT2D eigenvalue weighted by Crippen LogP contribution is 2.18. The Morgan fingerprint density at radius 3 is 2.60 bits per heavy atom. The summed E-state index contributed by atoms with van der Waals surface area (Å²) in [6.07, 6.45) is 0.999. The van der Waals surface area contributed by atoms with Gasteiger partial charge in [0.05, 0.1) is 17.1 Å². The van der Waals surface area contributed by atoms with Crippen molar-refractivity contribution >= 4 is 17.2 Å². The van der Waals surface area contributed by atoms with Crippen LogP contribution in [0.25, 0.3) is 0 Å². The molecule has 0 aliphatic heterocycles. The van der Waals surface area contributed by atoms with Crippen molar-refractivity contribution < 1.29 is 9.32 Å². The van der Waals surface area contributed by atoms with Crippen LogP contribution in [0.1, 0.15) is 27.3 Å². The van der Waals surface area contributed by atoms with Crippen molar-refractivity contribution in [2.24, 2.45) is 0 Å². The first-order valence-electron chi connectivity index (χ1n) is 6.41. The van der Waals surface area contributed by atoms with Gasteiger partial charge in [0.25, 0.3) is 0 Å². The van der Waals surface area contributed by atoms with Gasteiger partial charge in [0.2, 0.25) is 11.8 Å². The lowest BCUT2D eigenvalue weighted by Gasteiger charge is -2.15. The van der Waals surface area contributed by atoms with E-state index in [1.807, 2.05) is 13.8 Å². The number of carbonyl (C=O) groups is 1. The second kappa shape index (κ2) is 6.13. The second-order valence-electron chi connectivity index (χ2n) is 4.71. The van der Waals surface area contributed by atoms with Crippen LogP contribution in [0, 0.1) is 20.8 Å². The maximum absolute atomic E-state index is 12.1. The maximum Gasteiger partial charge on any atom is 0.227 e. The van der Waals surface area contributed by atoms with Gasteiger partial charge in [-0.15, -0.1) is 11.3 Å². The molecular formula is C13H18N4O2S. The Morgan fingerprint density at radius 1 is 1.30 bits per heavy atom. The standard InChI is InChI=1S/C13H18N4O2S/c1-8-11(20-10(3)14-8)7-13(18)17(4)6-5-12-15-9(2)19-16-12/h5-7H2,1-4H3. The van der Waals surface area contributed by atoms with Crippen molar-refractivity contribution in [1.82, 2.24) is 20.0 Å². The Kier molecular flexibility index (Phi) is 4.49. The average molecular weight is 294 g/mol. The summed E-state index contributed by atoms with van der Waals surface area (Å²) >= 11 is 1.58. The van der Waals surface area contributed by atoms with Crippen molar-refractivity contribution in [2.75, 3.05) is 13.6 Å². The number of carbonyl (C=O) groups excluding carboxylic acids is 1. The SMILES string of the molecule is Cc1nc(CCN(C)C(=O)Cc2sc(C)nc2C)no1. The van der Waals surface area contributed by atoms with Crippen LogP contribution < -0.4 is 0 Å². The molecule has 0 radical (unpaired) electrons. The highest BCUT2D eigenvalue weighted by Gasteiger charge is 2.14. The fourth-order valence-corrected chi connectivity index (χ4v) is 2.77. The number of amides is 1. The largest absolute Gasteiger partial charge is 0.345 e. The molecule has 0 N–H and O–H groups in total. The average Bonchev–Trinajstić information content (AvgIpc) is 2.93. The predicted molar refractivity (Wildman–Crippen MR) is 75.7 cm³/mol. The van der Waals surface area contributed by atoms with Crippen LogP contribution >= 0.6 is 11.3 Å². The first-order chi connectivity index (χ1) is 9.45. The van der Waals surface area contributed by atoms with Crippen molar-refractivity contribution in [3.8, 4) is 0 Å². The molecule has 7 heteroatoms. The highest BCUT2D eigenvalue weighted by molar-refractivity contribution is 7.11. The van der Waals surface area contributed by atoms with E-state index in [1.165, 1.54) is 0 Å². The lowest BCUT2D eigenvalue weighted by atomic mass is 10.2. The Hall–Kier alpha value is -1.76. The molecule has 2 heterocycles. The van der Waals surface area contributed by atoms with Crippen LogP contribution in [-0.2, 0) is 17.6 Å². The molecule has 108 valence electrons. The van der Waals surface area contributed by atoms with E-state index in [-0.39, 0.29) is 5.91 Å². The summed E-state index contributed by atoms with van der Waals surface area (Å²) in [6.45, 7) is 6.22. The van der Waals surface area contributed by atoms with Crippen LogP contribution in [0.2, 0.25) is 0 Å². The van der Waals surface area contributed by atoms with Gasteiger partial charge < -0.3 is 9.42 Å². The molecule has 0 atom stereocenters. The summed E-state index contributed by atoms with van der Waals surface area (Å²) in [7, 11) is 1.79. The fraction of sp³-hybridized carbons (Fsp3) is 0.538. The molecule has 0 fully saturated rings. The molecule has 0 aliphatic carbocycles. The lowest BCUT2D eigenvalue weighted by molar-refractivity contribution is -0.129. The minimum atomic E-state index is 0.0805. The van der Waals surface area contributed by atoms with Gasteiger partial charge in [0.1, 0.15) is 0 Å². The molecular weight excluding hydrogens is 276 g/mol. The summed E-state index contributed by atoms with van der Waals surface area (Å²) < 4.78 is 4.90. The molecule has 0 spiro atoms. The van der Waals surface area contributed by atoms with E-state index < -0.39 is 0 Å². The summed E-state index contributed by atoms with van der Waals surface area (Å²) in [5.41, 5.74) is 0.947. The third kappa shape index (κ3) is 3.63. The molecule has 2 aromatic rings. The molecule has 1 amide bonds. The molecule has 2 aromatic heterocycles. The minimum Gasteiger partial charge on any atom is -0.345 e. The number of rotatable bonds is 5. The maximum atomic E-state index is 12.1. The van der Waals surface area contributed by atoms with E-state index >= 15 is 0 Å². The summed E-state index contributed by atoms with van der Waals surface area (Å²) in [5.74, 6) is 1.26. The highest BCUT2D eigenvalue weighted by atomic mass is 32.1. The Morgan fingerprint density at radius 2 is 2.05 bits per heavy atom. The van der Waals surface area contributed by atoms with E-state index in [2.05, 4.69) is 15.1 Å². The Labute approximate surface area is 121 Å².